The molecule has 0 aliphatic rings. The van der Waals surface area contributed by atoms with Gasteiger partial charge in [-0.05, 0) is 42.7 Å². The number of urea groups is 1. The number of oxazole rings is 1. The van der Waals surface area contributed by atoms with E-state index in [1.165, 1.54) is 13.5 Å². The number of nitrogens with zero attached hydrogens (tertiary/aromatic N) is 1. The summed E-state index contributed by atoms with van der Waals surface area (Å²) in [7, 11) is 1.51. The van der Waals surface area contributed by atoms with Gasteiger partial charge < -0.3 is 46.0 Å². The molecule has 4 amide bonds. The summed E-state index contributed by atoms with van der Waals surface area (Å²) < 4.78 is 21.1. The number of ether oxygens (including phenoxy) is 3. The minimum atomic E-state index is -1.000. The van der Waals surface area contributed by atoms with Crippen molar-refractivity contribution < 1.29 is 37.8 Å². The molecule has 3 aromatic rings. The fraction of sp³-hybridized carbons (Fsp3) is 0.321. The topological polar surface area (TPSA) is 210 Å². The fourth-order valence-corrected chi connectivity index (χ4v) is 3.67. The van der Waals surface area contributed by atoms with Crippen LogP contribution in [0.3, 0.4) is 0 Å². The molecule has 1 heterocycles. The lowest BCUT2D eigenvalue weighted by Crippen LogP contribution is -2.36. The van der Waals surface area contributed by atoms with Gasteiger partial charge in [0.05, 0.1) is 18.9 Å². The normalized spacial score (nSPS) is 12.0. The van der Waals surface area contributed by atoms with Gasteiger partial charge in [-0.15, -0.1) is 0 Å². The van der Waals surface area contributed by atoms with Gasteiger partial charge in [0, 0.05) is 30.4 Å². The largest absolute Gasteiger partial charge is 0.496 e. The lowest BCUT2D eigenvalue weighted by Gasteiger charge is -2.18. The SMILES string of the molecule is CC[C@H](COC(=O)[C@H](N)CCC(N)=O)OC(=O)NCc1cccc(NC(=O)Nc2ccc(-c3cnco3)c(OC)c2)c1. The number of primary amides is 1. The summed E-state index contributed by atoms with van der Waals surface area (Å²) in [6.45, 7) is 1.70. The van der Waals surface area contributed by atoms with Crippen molar-refractivity contribution in [2.75, 3.05) is 24.4 Å². The number of methoxy groups -OCH3 is 1. The Bertz CT molecular complexity index is 1360. The van der Waals surface area contributed by atoms with Crippen LogP contribution in [0.5, 0.6) is 5.75 Å². The maximum atomic E-state index is 12.6. The molecule has 14 heteroatoms. The molecule has 2 aromatic carbocycles. The highest BCUT2D eigenvalue weighted by Crippen LogP contribution is 2.32. The predicted octanol–water partition coefficient (Wildman–Crippen LogP) is 3.14. The third kappa shape index (κ3) is 9.82. The van der Waals surface area contributed by atoms with Gasteiger partial charge in [0.2, 0.25) is 5.91 Å². The van der Waals surface area contributed by atoms with Crippen molar-refractivity contribution in [2.24, 2.45) is 11.5 Å². The molecule has 14 nitrogen and oxygen atoms in total. The van der Waals surface area contributed by atoms with Crippen LogP contribution in [0.4, 0.5) is 21.0 Å². The van der Waals surface area contributed by atoms with E-state index in [-0.39, 0.29) is 26.0 Å². The van der Waals surface area contributed by atoms with E-state index in [2.05, 4.69) is 20.9 Å². The summed E-state index contributed by atoms with van der Waals surface area (Å²) >= 11 is 0. The molecule has 0 fully saturated rings. The zero-order valence-electron chi connectivity index (χ0n) is 23.3. The second-order valence-corrected chi connectivity index (χ2v) is 9.09. The lowest BCUT2D eigenvalue weighted by atomic mass is 10.1. The number of benzene rings is 2. The number of alkyl carbamates (subject to hydrolysis) is 1. The summed E-state index contributed by atoms with van der Waals surface area (Å²) in [4.78, 5) is 51.6. The monoisotopic (exact) mass is 582 g/mol. The fourth-order valence-electron chi connectivity index (χ4n) is 3.67. The van der Waals surface area contributed by atoms with Gasteiger partial charge in [0.25, 0.3) is 0 Å². The van der Waals surface area contributed by atoms with Crippen LogP contribution in [-0.2, 0) is 25.6 Å². The Kier molecular flexibility index (Phi) is 11.7. The molecule has 0 spiro atoms. The van der Waals surface area contributed by atoms with Crippen molar-refractivity contribution in [2.45, 2.75) is 44.9 Å². The molecule has 0 bridgehead atoms. The van der Waals surface area contributed by atoms with Crippen molar-refractivity contribution in [3.8, 4) is 17.1 Å². The number of aromatic nitrogens is 1. The minimum absolute atomic E-state index is 0.0395. The summed E-state index contributed by atoms with van der Waals surface area (Å²) in [5.41, 5.74) is 13.1. The third-order valence-electron chi connectivity index (χ3n) is 5.92. The van der Waals surface area contributed by atoms with Gasteiger partial charge in [-0.3, -0.25) is 9.59 Å². The Balaban J connectivity index is 1.46. The Morgan fingerprint density at radius 1 is 1.07 bits per heavy atom. The average molecular weight is 583 g/mol. The van der Waals surface area contributed by atoms with Crippen LogP contribution >= 0.6 is 0 Å². The number of anilines is 2. The number of carbonyl (C=O) groups excluding carboxylic acids is 4. The first kappa shape index (κ1) is 31.4. The molecule has 0 aliphatic carbocycles. The van der Waals surface area contributed by atoms with Gasteiger partial charge in [0.1, 0.15) is 24.5 Å². The van der Waals surface area contributed by atoms with Crippen molar-refractivity contribution in [1.82, 2.24) is 10.3 Å². The zero-order valence-corrected chi connectivity index (χ0v) is 23.3. The van der Waals surface area contributed by atoms with Gasteiger partial charge >= 0.3 is 18.1 Å². The van der Waals surface area contributed by atoms with Crippen LogP contribution in [0, 0.1) is 0 Å². The number of amides is 4. The van der Waals surface area contributed by atoms with Crippen LogP contribution in [0.15, 0.2) is 59.5 Å². The van der Waals surface area contributed by atoms with Crippen molar-refractivity contribution >= 4 is 35.4 Å². The molecule has 7 N–H and O–H groups in total. The predicted molar refractivity (Wildman–Crippen MR) is 152 cm³/mol. The number of rotatable bonds is 14. The molecule has 2 atom stereocenters. The van der Waals surface area contributed by atoms with E-state index in [1.54, 1.807) is 55.6 Å². The Morgan fingerprint density at radius 2 is 1.83 bits per heavy atom. The quantitative estimate of drug-likeness (QED) is 0.175. The smallest absolute Gasteiger partial charge is 0.407 e. The minimum Gasteiger partial charge on any atom is -0.496 e. The molecular formula is C28H34N6O8. The number of nitrogens with two attached hydrogens (primary N) is 2. The highest BCUT2D eigenvalue weighted by atomic mass is 16.6. The molecule has 0 unspecified atom stereocenters. The molecule has 224 valence electrons. The molecule has 0 aliphatic heterocycles. The molecule has 1 aromatic heterocycles. The first-order valence-corrected chi connectivity index (χ1v) is 13.1. The van der Waals surface area contributed by atoms with Crippen LogP contribution in [0.25, 0.3) is 11.3 Å². The Morgan fingerprint density at radius 3 is 2.50 bits per heavy atom. The third-order valence-corrected chi connectivity index (χ3v) is 5.92. The van der Waals surface area contributed by atoms with Gasteiger partial charge in [-0.25, -0.2) is 14.6 Å². The summed E-state index contributed by atoms with van der Waals surface area (Å²) in [6.07, 6.45) is 1.88. The first-order valence-electron chi connectivity index (χ1n) is 13.1. The van der Waals surface area contributed by atoms with Crippen molar-refractivity contribution in [3.63, 3.8) is 0 Å². The molecule has 3 rings (SSSR count). The van der Waals surface area contributed by atoms with E-state index in [0.29, 0.717) is 40.4 Å². The molecule has 0 saturated heterocycles. The molecular weight excluding hydrogens is 548 g/mol. The highest BCUT2D eigenvalue weighted by Gasteiger charge is 2.20. The second kappa shape index (κ2) is 15.6. The average Bonchev–Trinajstić information content (AvgIpc) is 3.51. The van der Waals surface area contributed by atoms with E-state index in [4.69, 9.17) is 30.1 Å². The number of nitrogens with one attached hydrogen (secondary N) is 3. The van der Waals surface area contributed by atoms with Crippen LogP contribution in [0.1, 0.15) is 31.7 Å². The summed E-state index contributed by atoms with van der Waals surface area (Å²) in [5, 5.41) is 8.11. The van der Waals surface area contributed by atoms with Crippen molar-refractivity contribution in [1.29, 1.82) is 0 Å². The molecule has 0 saturated carbocycles. The standard InChI is InChI=1S/C28H34N6O8/c1-3-20(15-40-26(36)22(29)9-10-25(30)35)42-28(38)32-13-17-5-4-6-18(11-17)33-27(37)34-19-7-8-21(23(12-19)39-2)24-14-31-16-41-24/h4-8,11-12,14,16,20,22H,3,9-10,13,15,29H2,1-2H3,(H2,30,35)(H,32,38)(H2,33,34,37)/t20-,22-/m1/s1. The van der Waals surface area contributed by atoms with E-state index < -0.39 is 36.1 Å². The summed E-state index contributed by atoms with van der Waals surface area (Å²) in [6, 6.07) is 10.5. The van der Waals surface area contributed by atoms with E-state index in [0.717, 1.165) is 0 Å². The van der Waals surface area contributed by atoms with E-state index in [9.17, 15) is 19.2 Å². The summed E-state index contributed by atoms with van der Waals surface area (Å²) in [5.74, 6) is -0.253. The number of hydrogen-bond acceptors (Lipinski definition) is 10. The van der Waals surface area contributed by atoms with E-state index >= 15 is 0 Å². The maximum absolute atomic E-state index is 12.6. The van der Waals surface area contributed by atoms with E-state index in [1.807, 2.05) is 0 Å². The highest BCUT2D eigenvalue weighted by molar-refractivity contribution is 6.00. The molecule has 0 radical (unpaired) electrons. The Hall–Kier alpha value is -5.11. The van der Waals surface area contributed by atoms with Crippen molar-refractivity contribution in [3.05, 3.63) is 60.6 Å². The van der Waals surface area contributed by atoms with Crippen LogP contribution in [0.2, 0.25) is 0 Å². The lowest BCUT2D eigenvalue weighted by molar-refractivity contribution is -0.148. The second-order valence-electron chi connectivity index (χ2n) is 9.09. The van der Waals surface area contributed by atoms with Crippen LogP contribution in [-0.4, -0.2) is 54.8 Å². The van der Waals surface area contributed by atoms with Gasteiger partial charge in [0.15, 0.2) is 12.2 Å². The van der Waals surface area contributed by atoms with Crippen LogP contribution < -0.4 is 32.2 Å². The van der Waals surface area contributed by atoms with Gasteiger partial charge in [-0.1, -0.05) is 19.1 Å². The van der Waals surface area contributed by atoms with Gasteiger partial charge in [-0.2, -0.15) is 0 Å². The number of esters is 1. The zero-order chi connectivity index (χ0) is 30.5. The Labute approximate surface area is 242 Å². The maximum Gasteiger partial charge on any atom is 0.407 e. The number of carbonyl (C=O) groups is 4. The first-order chi connectivity index (χ1) is 20.2. The molecule has 42 heavy (non-hydrogen) atoms. The number of hydrogen-bond donors (Lipinski definition) is 5.